The molecule has 0 aromatic carbocycles. The summed E-state index contributed by atoms with van der Waals surface area (Å²) in [5, 5.41) is 0. The normalized spacial score (nSPS) is 11.7. The summed E-state index contributed by atoms with van der Waals surface area (Å²) in [6.45, 7) is 0. The molecule has 0 saturated carbocycles. The number of alkyl halides is 3. The van der Waals surface area contributed by atoms with Crippen LogP contribution in [0.3, 0.4) is 0 Å². The molecule has 0 N–H and O–H groups in total. The van der Waals surface area contributed by atoms with Gasteiger partial charge >= 0.3 is 12.1 Å². The fraction of sp³-hybridized carbons (Fsp3) is 0.182. The Hall–Kier alpha value is -1.90. The average molecular weight is 351 g/mol. The number of rotatable bonds is 1. The zero-order valence-corrected chi connectivity index (χ0v) is 11.4. The molecule has 0 saturated heterocycles. The van der Waals surface area contributed by atoms with E-state index >= 15 is 0 Å². The molecule has 0 unspecified atom stereocenters. The van der Waals surface area contributed by atoms with Crippen LogP contribution in [0.4, 0.5) is 13.2 Å². The Morgan fingerprint density at radius 1 is 1.40 bits per heavy atom. The first kappa shape index (κ1) is 14.5. The number of hydrogen-bond acceptors (Lipinski definition) is 4. The van der Waals surface area contributed by atoms with Crippen molar-refractivity contribution < 1.29 is 22.7 Å². The van der Waals surface area contributed by atoms with Crippen LogP contribution >= 0.6 is 15.9 Å². The second kappa shape index (κ2) is 4.89. The van der Waals surface area contributed by atoms with Crippen molar-refractivity contribution in [3.63, 3.8) is 0 Å². The smallest absolute Gasteiger partial charge is 0.434 e. The average Bonchev–Trinajstić information content (AvgIpc) is 2.40. The van der Waals surface area contributed by atoms with Crippen molar-refractivity contribution >= 4 is 27.5 Å². The molecule has 0 bridgehead atoms. The van der Waals surface area contributed by atoms with Crippen molar-refractivity contribution in [2.45, 2.75) is 6.18 Å². The van der Waals surface area contributed by atoms with Gasteiger partial charge in [0.1, 0.15) is 10.1 Å². The molecule has 0 spiro atoms. The summed E-state index contributed by atoms with van der Waals surface area (Å²) in [4.78, 5) is 26.6. The van der Waals surface area contributed by atoms with E-state index in [-0.39, 0.29) is 11.2 Å². The van der Waals surface area contributed by atoms with Gasteiger partial charge in [-0.2, -0.15) is 13.2 Å². The zero-order chi connectivity index (χ0) is 15.1. The van der Waals surface area contributed by atoms with Crippen molar-refractivity contribution in [1.82, 2.24) is 9.38 Å². The molecular formula is C11H6BrF3N2O3. The van der Waals surface area contributed by atoms with Gasteiger partial charge in [-0.1, -0.05) is 0 Å². The minimum absolute atomic E-state index is 0.0237. The summed E-state index contributed by atoms with van der Waals surface area (Å²) in [6.07, 6.45) is -3.69. The van der Waals surface area contributed by atoms with Gasteiger partial charge in [0.05, 0.1) is 12.7 Å². The second-order valence-corrected chi connectivity index (χ2v) is 4.51. The Balaban J connectivity index is 2.78. The largest absolute Gasteiger partial charge is 0.465 e. The SMILES string of the molecule is COC(=O)c1ccc2nc(C(F)(F)F)c(Br)c(=O)n2c1. The molecule has 106 valence electrons. The monoisotopic (exact) mass is 350 g/mol. The van der Waals surface area contributed by atoms with Crippen molar-refractivity contribution in [1.29, 1.82) is 0 Å². The number of fused-ring (bicyclic) bond motifs is 1. The van der Waals surface area contributed by atoms with Gasteiger partial charge in [0.15, 0.2) is 5.69 Å². The van der Waals surface area contributed by atoms with E-state index < -0.39 is 27.9 Å². The van der Waals surface area contributed by atoms with Crippen LogP contribution in [0.5, 0.6) is 0 Å². The summed E-state index contributed by atoms with van der Waals surface area (Å²) in [5.74, 6) is -0.713. The molecule has 5 nitrogen and oxygen atoms in total. The lowest BCUT2D eigenvalue weighted by molar-refractivity contribution is -0.141. The number of carbonyl (C=O) groups excluding carboxylic acids is 1. The maximum absolute atomic E-state index is 12.7. The zero-order valence-electron chi connectivity index (χ0n) is 9.86. The Bertz CT molecular complexity index is 755. The van der Waals surface area contributed by atoms with E-state index in [0.717, 1.165) is 23.8 Å². The molecule has 0 aliphatic rings. The standard InChI is InChI=1S/C11H6BrF3N2O3/c1-20-10(19)5-2-3-6-16-8(11(13,14)15)7(12)9(18)17(6)4-5/h2-4H,1H3. The number of aromatic nitrogens is 2. The van der Waals surface area contributed by atoms with E-state index in [1.165, 1.54) is 6.07 Å². The highest BCUT2D eigenvalue weighted by atomic mass is 79.9. The highest BCUT2D eigenvalue weighted by Gasteiger charge is 2.36. The maximum atomic E-state index is 12.7. The molecule has 0 fully saturated rings. The van der Waals surface area contributed by atoms with Crippen LogP contribution in [0.1, 0.15) is 16.1 Å². The fourth-order valence-electron chi connectivity index (χ4n) is 1.54. The van der Waals surface area contributed by atoms with Crippen LogP contribution in [0.25, 0.3) is 5.65 Å². The quantitative estimate of drug-likeness (QED) is 0.740. The predicted octanol–water partition coefficient (Wildman–Crippen LogP) is 2.26. The summed E-state index contributed by atoms with van der Waals surface area (Å²) >= 11 is 2.58. The Morgan fingerprint density at radius 2 is 2.05 bits per heavy atom. The van der Waals surface area contributed by atoms with Crippen LogP contribution in [0, 0.1) is 0 Å². The lowest BCUT2D eigenvalue weighted by Gasteiger charge is -2.10. The molecule has 0 aliphatic carbocycles. The molecule has 20 heavy (non-hydrogen) atoms. The predicted molar refractivity (Wildman–Crippen MR) is 65.5 cm³/mol. The molecular weight excluding hydrogens is 345 g/mol. The molecule has 9 heteroatoms. The first-order valence-electron chi connectivity index (χ1n) is 5.13. The number of hydrogen-bond donors (Lipinski definition) is 0. The van der Waals surface area contributed by atoms with Crippen LogP contribution < -0.4 is 5.56 Å². The summed E-state index contributed by atoms with van der Waals surface area (Å²) in [7, 11) is 1.15. The lowest BCUT2D eigenvalue weighted by atomic mass is 10.2. The van der Waals surface area contributed by atoms with Gasteiger partial charge < -0.3 is 4.74 Å². The Labute approximate surface area is 118 Å². The first-order valence-corrected chi connectivity index (χ1v) is 5.92. The van der Waals surface area contributed by atoms with E-state index in [1.807, 2.05) is 0 Å². The third-order valence-corrected chi connectivity index (χ3v) is 3.17. The van der Waals surface area contributed by atoms with E-state index in [1.54, 1.807) is 0 Å². The van der Waals surface area contributed by atoms with E-state index in [2.05, 4.69) is 25.7 Å². The van der Waals surface area contributed by atoms with Crippen molar-refractivity contribution in [2.24, 2.45) is 0 Å². The minimum Gasteiger partial charge on any atom is -0.465 e. The van der Waals surface area contributed by atoms with Crippen LogP contribution in [-0.4, -0.2) is 22.5 Å². The van der Waals surface area contributed by atoms with Gasteiger partial charge in [-0.05, 0) is 28.1 Å². The first-order chi connectivity index (χ1) is 9.25. The van der Waals surface area contributed by atoms with E-state index in [4.69, 9.17) is 0 Å². The topological polar surface area (TPSA) is 60.7 Å². The molecule has 2 aromatic heterocycles. The molecule has 2 aromatic rings. The number of nitrogens with zero attached hydrogens (tertiary/aromatic N) is 2. The summed E-state index contributed by atoms with van der Waals surface area (Å²) in [6, 6.07) is 2.36. The van der Waals surface area contributed by atoms with Gasteiger partial charge in [-0.3, -0.25) is 9.20 Å². The van der Waals surface area contributed by atoms with E-state index in [9.17, 15) is 22.8 Å². The number of halogens is 4. The maximum Gasteiger partial charge on any atom is 0.434 e. The molecule has 0 atom stereocenters. The highest BCUT2D eigenvalue weighted by molar-refractivity contribution is 9.10. The second-order valence-electron chi connectivity index (χ2n) is 3.71. The van der Waals surface area contributed by atoms with Crippen LogP contribution in [0.2, 0.25) is 0 Å². The lowest BCUT2D eigenvalue weighted by Crippen LogP contribution is -2.23. The number of ether oxygens (including phenoxy) is 1. The summed E-state index contributed by atoms with van der Waals surface area (Å²) in [5.41, 5.74) is -2.48. The third kappa shape index (κ3) is 2.40. The van der Waals surface area contributed by atoms with Gasteiger partial charge in [-0.15, -0.1) is 0 Å². The number of pyridine rings is 1. The van der Waals surface area contributed by atoms with Crippen molar-refractivity contribution in [3.8, 4) is 0 Å². The van der Waals surface area contributed by atoms with Gasteiger partial charge in [0.25, 0.3) is 5.56 Å². The van der Waals surface area contributed by atoms with Gasteiger partial charge in [0, 0.05) is 6.20 Å². The number of esters is 1. The molecule has 0 aliphatic heterocycles. The van der Waals surface area contributed by atoms with Crippen LogP contribution in [-0.2, 0) is 10.9 Å². The molecule has 0 amide bonds. The molecule has 0 radical (unpaired) electrons. The summed E-state index contributed by atoms with van der Waals surface area (Å²) < 4.78 is 42.7. The third-order valence-electron chi connectivity index (χ3n) is 2.46. The number of carbonyl (C=O) groups is 1. The Morgan fingerprint density at radius 3 is 2.60 bits per heavy atom. The minimum atomic E-state index is -4.76. The van der Waals surface area contributed by atoms with E-state index in [0.29, 0.717) is 0 Å². The van der Waals surface area contributed by atoms with Crippen molar-refractivity contribution in [2.75, 3.05) is 7.11 Å². The Kier molecular flexibility index (Phi) is 3.55. The number of methoxy groups -OCH3 is 1. The van der Waals surface area contributed by atoms with Crippen LogP contribution in [0.15, 0.2) is 27.6 Å². The molecule has 2 heterocycles. The van der Waals surface area contributed by atoms with Gasteiger partial charge in [-0.25, -0.2) is 9.78 Å². The fourth-order valence-corrected chi connectivity index (χ4v) is 2.05. The van der Waals surface area contributed by atoms with Crippen molar-refractivity contribution in [3.05, 3.63) is 44.4 Å². The van der Waals surface area contributed by atoms with Gasteiger partial charge in [0.2, 0.25) is 0 Å². The highest BCUT2D eigenvalue weighted by Crippen LogP contribution is 2.31. The molecule has 2 rings (SSSR count).